The number of carboxylic acid groups (broad SMARTS) is 1. The summed E-state index contributed by atoms with van der Waals surface area (Å²) >= 11 is 5.40. The molecular formula is C42H47N5O18S. The van der Waals surface area contributed by atoms with Crippen LogP contribution in [-0.4, -0.2) is 158 Å². The van der Waals surface area contributed by atoms with E-state index in [0.717, 1.165) is 13.8 Å². The minimum atomic E-state index is -1.79. The number of aliphatic hydroxyl groups is 4. The fourth-order valence-electron chi connectivity index (χ4n) is 8.52. The Hall–Kier alpha value is -6.22. The normalized spacial score (nSPS) is 27.4. The lowest BCUT2D eigenvalue weighted by molar-refractivity contribution is -0.317. The number of phenols is 2. The van der Waals surface area contributed by atoms with Crippen molar-refractivity contribution in [2.24, 2.45) is 0 Å². The number of esters is 1. The molecule has 0 radical (unpaired) electrons. The van der Waals surface area contributed by atoms with Crippen LogP contribution in [0.5, 0.6) is 23.0 Å². The van der Waals surface area contributed by atoms with Gasteiger partial charge in [-0.25, -0.2) is 9.59 Å². The molecule has 4 aliphatic rings. The number of anilines is 1. The first-order valence-corrected chi connectivity index (χ1v) is 20.7. The van der Waals surface area contributed by atoms with E-state index in [9.17, 15) is 59.7 Å². The van der Waals surface area contributed by atoms with E-state index in [1.165, 1.54) is 37.4 Å². The second-order valence-corrected chi connectivity index (χ2v) is 16.2. The van der Waals surface area contributed by atoms with Crippen LogP contribution in [0.1, 0.15) is 47.3 Å². The number of carboxylic acids is 1. The number of aliphatic carboxylic acids is 1. The highest BCUT2D eigenvalue weighted by atomic mass is 32.1. The largest absolute Gasteiger partial charge is 0.508 e. The zero-order chi connectivity index (χ0) is 47.8. The third kappa shape index (κ3) is 9.27. The van der Waals surface area contributed by atoms with Crippen LogP contribution in [-0.2, 0) is 48.5 Å². The first-order chi connectivity index (χ1) is 31.4. The second-order valence-electron chi connectivity index (χ2n) is 15.8. The number of methoxy groups -OCH3 is 1. The number of carbonyl (C=O) groups is 5. The van der Waals surface area contributed by atoms with Crippen molar-refractivity contribution in [3.05, 3.63) is 76.9 Å². The number of rotatable bonds is 13. The third-order valence-corrected chi connectivity index (χ3v) is 11.6. The highest BCUT2D eigenvalue weighted by Gasteiger charge is 2.55. The van der Waals surface area contributed by atoms with Crippen molar-refractivity contribution < 1.29 is 88.1 Å². The second kappa shape index (κ2) is 19.3. The highest BCUT2D eigenvalue weighted by molar-refractivity contribution is 7.80. The maximum absolute atomic E-state index is 13.6. The van der Waals surface area contributed by atoms with Crippen LogP contribution in [0.15, 0.2) is 54.6 Å². The number of ether oxygens (including phenoxy) is 6. The summed E-state index contributed by atoms with van der Waals surface area (Å²) in [5.74, 6) is -4.44. The molecule has 66 heavy (non-hydrogen) atoms. The highest BCUT2D eigenvalue weighted by Crippen LogP contribution is 2.57. The van der Waals surface area contributed by atoms with Crippen LogP contribution >= 0.6 is 12.2 Å². The Balaban J connectivity index is 1.04. The van der Waals surface area contributed by atoms with E-state index in [4.69, 9.17) is 40.6 Å². The lowest BCUT2D eigenvalue weighted by atomic mass is 9.77. The van der Waals surface area contributed by atoms with Gasteiger partial charge < -0.3 is 90.8 Å². The van der Waals surface area contributed by atoms with E-state index in [2.05, 4.69) is 26.6 Å². The predicted octanol–water partition coefficient (Wildman–Crippen LogP) is -1.52. The molecule has 354 valence electrons. The molecule has 3 amide bonds. The van der Waals surface area contributed by atoms with E-state index in [1.807, 2.05) is 0 Å². The van der Waals surface area contributed by atoms with Crippen LogP contribution in [0.3, 0.4) is 0 Å². The van der Waals surface area contributed by atoms with Gasteiger partial charge in [0.05, 0.1) is 25.2 Å². The monoisotopic (exact) mass is 941 g/mol. The SMILES string of the molecule is COC1C(CO)OC(OC2C(CO)OC(NC(=O)CC(NC(=S)Nc3ccc4c(c3)C(=O)OC43c4ccc(O)cc4Oc4cc(O)ccc43)C(=O)O)C(NC(C)=O)C2O)C(NC(C)=O)C1O. The standard InChI is InChI=1S/C42H47N5O18S/c1-16(50)43-31-33(55)36(64-40-32(44-17(2)51)34(56)35(60-3)28(14-48)63-40)29(15-49)62-37(31)47-30(54)13-25(38(57)58)46-41(66)45-18-4-7-22-21(10-18)39(59)65-42(22)23-8-5-19(52)11-26(23)61-27-12-20(53)6-9-24(27)42/h4-12,25,28-29,31-37,40,48-49,52-53,55-56H,13-15H2,1-3H3,(H,43,50)(H,44,51)(H,47,54)(H,57,58)(H2,45,46,66). The van der Waals surface area contributed by atoms with Gasteiger partial charge in [0.25, 0.3) is 0 Å². The third-order valence-electron chi connectivity index (χ3n) is 11.4. The van der Waals surface area contributed by atoms with Crippen molar-refractivity contribution in [2.75, 3.05) is 25.6 Å². The summed E-state index contributed by atoms with van der Waals surface area (Å²) in [6, 6.07) is 8.63. The maximum Gasteiger partial charge on any atom is 0.340 e. The molecule has 1 spiro atoms. The molecule has 11 unspecified atom stereocenters. The lowest BCUT2D eigenvalue weighted by Gasteiger charge is -2.48. The maximum atomic E-state index is 13.6. The van der Waals surface area contributed by atoms with E-state index < -0.39 is 122 Å². The molecule has 4 heterocycles. The Morgan fingerprint density at radius 1 is 0.803 bits per heavy atom. The molecule has 2 saturated heterocycles. The Morgan fingerprint density at radius 2 is 1.38 bits per heavy atom. The topological polar surface area (TPSA) is 342 Å². The fraction of sp³-hybridized carbons (Fsp3) is 0.429. The zero-order valence-corrected chi connectivity index (χ0v) is 36.0. The average molecular weight is 942 g/mol. The van der Waals surface area contributed by atoms with Crippen LogP contribution in [0, 0.1) is 0 Å². The molecule has 0 aromatic heterocycles. The van der Waals surface area contributed by atoms with Crippen LogP contribution in [0.2, 0.25) is 0 Å². The van der Waals surface area contributed by atoms with Crippen molar-refractivity contribution in [1.29, 1.82) is 0 Å². The van der Waals surface area contributed by atoms with Crippen LogP contribution in [0.25, 0.3) is 0 Å². The molecule has 4 aliphatic heterocycles. The Kier molecular flexibility index (Phi) is 14.0. The van der Waals surface area contributed by atoms with Gasteiger partial charge in [-0.1, -0.05) is 6.07 Å². The number of aliphatic hydroxyl groups excluding tert-OH is 4. The number of carbonyl (C=O) groups excluding carboxylic acids is 4. The molecule has 7 rings (SSSR count). The van der Waals surface area contributed by atoms with E-state index in [-0.39, 0.29) is 39.4 Å². The molecular weight excluding hydrogens is 895 g/mol. The summed E-state index contributed by atoms with van der Waals surface area (Å²) in [6.45, 7) is 0.757. The van der Waals surface area contributed by atoms with Gasteiger partial charge in [0.2, 0.25) is 17.7 Å². The summed E-state index contributed by atoms with van der Waals surface area (Å²) in [6.07, 6.45) is -12.6. The lowest BCUT2D eigenvalue weighted by Crippen LogP contribution is -2.71. The van der Waals surface area contributed by atoms with Crippen molar-refractivity contribution in [1.82, 2.24) is 21.3 Å². The van der Waals surface area contributed by atoms with Gasteiger partial charge in [-0.15, -0.1) is 0 Å². The number of aromatic hydroxyl groups is 2. The number of hydrogen-bond donors (Lipinski definition) is 12. The van der Waals surface area contributed by atoms with Gasteiger partial charge >= 0.3 is 11.9 Å². The molecule has 2 fully saturated rings. The predicted molar refractivity (Wildman–Crippen MR) is 226 cm³/mol. The van der Waals surface area contributed by atoms with Crippen LogP contribution in [0.4, 0.5) is 5.69 Å². The first kappa shape index (κ1) is 47.7. The molecule has 0 bridgehead atoms. The Morgan fingerprint density at radius 3 is 1.95 bits per heavy atom. The first-order valence-electron chi connectivity index (χ1n) is 20.3. The van der Waals surface area contributed by atoms with Gasteiger partial charge in [-0.2, -0.15) is 0 Å². The summed E-state index contributed by atoms with van der Waals surface area (Å²) in [5, 5.41) is 85.8. The molecule has 0 saturated carbocycles. The molecule has 0 aliphatic carbocycles. The average Bonchev–Trinajstić information content (AvgIpc) is 3.54. The summed E-state index contributed by atoms with van der Waals surface area (Å²) in [4.78, 5) is 63.9. The van der Waals surface area contributed by atoms with E-state index in [0.29, 0.717) is 16.7 Å². The number of nitrogens with one attached hydrogen (secondary N) is 5. The minimum Gasteiger partial charge on any atom is -0.508 e. The number of fused-ring (bicyclic) bond motifs is 6. The Labute approximate surface area is 379 Å². The smallest absolute Gasteiger partial charge is 0.340 e. The van der Waals surface area contributed by atoms with Gasteiger partial charge in [-0.3, -0.25) is 14.4 Å². The molecule has 23 nitrogen and oxygen atoms in total. The van der Waals surface area contributed by atoms with Crippen molar-refractivity contribution >= 4 is 52.7 Å². The minimum absolute atomic E-state index is 0.0969. The molecule has 3 aromatic carbocycles. The summed E-state index contributed by atoms with van der Waals surface area (Å²) < 4.78 is 35.0. The number of phenolic OH excluding ortho intramolecular Hbond substituents is 2. The van der Waals surface area contributed by atoms with E-state index in [1.54, 1.807) is 24.3 Å². The zero-order valence-electron chi connectivity index (χ0n) is 35.2. The molecule has 3 aromatic rings. The van der Waals surface area contributed by atoms with Gasteiger partial charge in [0, 0.05) is 55.5 Å². The van der Waals surface area contributed by atoms with Crippen molar-refractivity contribution in [3.8, 4) is 23.0 Å². The molecule has 12 N–H and O–H groups in total. The van der Waals surface area contributed by atoms with Crippen molar-refractivity contribution in [3.63, 3.8) is 0 Å². The van der Waals surface area contributed by atoms with Gasteiger partial charge in [0.1, 0.15) is 77.7 Å². The number of benzene rings is 3. The quantitative estimate of drug-likeness (QED) is 0.0684. The summed E-state index contributed by atoms with van der Waals surface area (Å²) in [5.41, 5.74) is -0.0485. The van der Waals surface area contributed by atoms with Gasteiger partial charge in [0.15, 0.2) is 23.2 Å². The van der Waals surface area contributed by atoms with Crippen LogP contribution < -0.4 is 31.3 Å². The molecule has 24 heteroatoms. The Bertz CT molecular complexity index is 2350. The number of thiocarbonyl (C=S) groups is 1. The van der Waals surface area contributed by atoms with E-state index >= 15 is 0 Å². The number of hydrogen-bond acceptors (Lipinski definition) is 18. The number of amides is 3. The molecule has 11 atom stereocenters. The fourth-order valence-corrected chi connectivity index (χ4v) is 8.78. The summed E-state index contributed by atoms with van der Waals surface area (Å²) in [7, 11) is 1.25. The van der Waals surface area contributed by atoms with Gasteiger partial charge in [-0.05, 0) is 48.6 Å². The van der Waals surface area contributed by atoms with Crippen molar-refractivity contribution in [2.45, 2.75) is 93.1 Å².